The summed E-state index contributed by atoms with van der Waals surface area (Å²) >= 11 is 6.67. The molecule has 23 heavy (non-hydrogen) atoms. The summed E-state index contributed by atoms with van der Waals surface area (Å²) in [5.74, 6) is -0.591. The van der Waals surface area contributed by atoms with Crippen LogP contribution in [-0.2, 0) is 15.3 Å². The number of rotatable bonds is 5. The summed E-state index contributed by atoms with van der Waals surface area (Å²) in [5, 5.41) is 0.943. The van der Waals surface area contributed by atoms with Crippen molar-refractivity contribution in [2.45, 2.75) is 5.79 Å². The summed E-state index contributed by atoms with van der Waals surface area (Å²) in [6.45, 7) is 1.22. The van der Waals surface area contributed by atoms with Gasteiger partial charge in [-0.25, -0.2) is 0 Å². The Morgan fingerprint density at radius 3 is 1.91 bits per heavy atom. The molecule has 0 aliphatic carbocycles. The summed E-state index contributed by atoms with van der Waals surface area (Å²) in [6.07, 6.45) is 0. The molecule has 0 spiro atoms. The third-order valence-corrected chi connectivity index (χ3v) is 5.16. The molecule has 0 radical (unpaired) electrons. The van der Waals surface area contributed by atoms with Crippen LogP contribution < -0.4 is 0 Å². The van der Waals surface area contributed by atoms with E-state index in [4.69, 9.17) is 9.47 Å². The summed E-state index contributed by atoms with van der Waals surface area (Å²) < 4.78 is 11.5. The van der Waals surface area contributed by atoms with E-state index in [-0.39, 0.29) is 5.78 Å². The zero-order valence-electron chi connectivity index (χ0n) is 12.4. The van der Waals surface area contributed by atoms with Crippen molar-refractivity contribution in [2.24, 2.45) is 0 Å². The molecule has 0 amide bonds. The first-order chi connectivity index (χ1) is 11.2. The molecule has 0 aromatic heterocycles. The molecule has 2 aromatic rings. The summed E-state index contributed by atoms with van der Waals surface area (Å²) in [6, 6.07) is 15.8. The molecule has 2 aromatic carbocycles. The van der Waals surface area contributed by atoms with E-state index in [1.54, 1.807) is 0 Å². The molecular formula is C18H16Br2O3. The van der Waals surface area contributed by atoms with Crippen molar-refractivity contribution in [2.75, 3.05) is 23.9 Å². The van der Waals surface area contributed by atoms with Crippen LogP contribution in [0.2, 0.25) is 0 Å². The quantitative estimate of drug-likeness (QED) is 0.507. The molecule has 0 N–H and O–H groups in total. The minimum absolute atomic E-state index is 0.0849. The lowest BCUT2D eigenvalue weighted by atomic mass is 9.99. The number of hydrogen-bond donors (Lipinski definition) is 0. The Kier molecular flexibility index (Phi) is 5.31. The smallest absolute Gasteiger partial charge is 0.204 e. The van der Waals surface area contributed by atoms with Crippen molar-refractivity contribution < 1.29 is 14.3 Å². The van der Waals surface area contributed by atoms with E-state index in [9.17, 15) is 4.79 Å². The predicted molar refractivity (Wildman–Crippen MR) is 97.4 cm³/mol. The Bertz CT molecular complexity index is 674. The van der Waals surface area contributed by atoms with Gasteiger partial charge in [-0.1, -0.05) is 80.4 Å². The fraction of sp³-hybridized carbons (Fsp3) is 0.278. The summed E-state index contributed by atoms with van der Waals surface area (Å²) in [5.41, 5.74) is 3.88. The van der Waals surface area contributed by atoms with Gasteiger partial charge in [0.25, 0.3) is 0 Å². The van der Waals surface area contributed by atoms with Crippen molar-refractivity contribution in [1.29, 1.82) is 0 Å². The number of Topliss-reactive ketones (excluding diaryl/α,β-unsaturated/α-hetero) is 1. The minimum atomic E-state index is -0.676. The Labute approximate surface area is 152 Å². The van der Waals surface area contributed by atoms with E-state index >= 15 is 0 Å². The number of alkyl halides is 2. The van der Waals surface area contributed by atoms with E-state index < -0.39 is 5.79 Å². The van der Waals surface area contributed by atoms with E-state index in [1.165, 1.54) is 0 Å². The van der Waals surface area contributed by atoms with E-state index in [2.05, 4.69) is 31.9 Å². The van der Waals surface area contributed by atoms with Gasteiger partial charge in [0.05, 0.1) is 23.9 Å². The van der Waals surface area contributed by atoms with Gasteiger partial charge in [-0.3, -0.25) is 4.79 Å². The number of ether oxygens (including phenoxy) is 2. The largest absolute Gasteiger partial charge is 0.343 e. The van der Waals surface area contributed by atoms with E-state index in [0.717, 1.165) is 16.7 Å². The zero-order valence-corrected chi connectivity index (χ0v) is 15.6. The van der Waals surface area contributed by atoms with Crippen molar-refractivity contribution in [1.82, 2.24) is 0 Å². The number of carbonyl (C=O) groups excluding carboxylic acids is 1. The third kappa shape index (κ3) is 3.43. The standard InChI is InChI=1S/C18H16Br2O3/c19-11-17(21)15-3-1-13(2-4-15)14-5-7-16(8-6-14)18(12-20)22-9-10-23-18/h1-8H,9-12H2. The number of hydrogen-bond acceptors (Lipinski definition) is 3. The van der Waals surface area contributed by atoms with Crippen LogP contribution in [0.1, 0.15) is 15.9 Å². The van der Waals surface area contributed by atoms with Crippen LogP contribution in [0.15, 0.2) is 48.5 Å². The van der Waals surface area contributed by atoms with Crippen molar-refractivity contribution in [3.63, 3.8) is 0 Å². The van der Waals surface area contributed by atoms with Gasteiger partial charge in [-0.15, -0.1) is 0 Å². The molecule has 1 heterocycles. The van der Waals surface area contributed by atoms with Crippen molar-refractivity contribution in [3.05, 3.63) is 59.7 Å². The molecule has 3 nitrogen and oxygen atoms in total. The highest BCUT2D eigenvalue weighted by Crippen LogP contribution is 2.34. The minimum Gasteiger partial charge on any atom is -0.343 e. The van der Waals surface area contributed by atoms with E-state index in [1.807, 2.05) is 48.5 Å². The molecule has 1 saturated heterocycles. The number of benzene rings is 2. The lowest BCUT2D eigenvalue weighted by Crippen LogP contribution is -2.28. The van der Waals surface area contributed by atoms with Crippen LogP contribution >= 0.6 is 31.9 Å². The fourth-order valence-corrected chi connectivity index (χ4v) is 3.59. The van der Waals surface area contributed by atoms with Gasteiger partial charge in [-0.05, 0) is 11.1 Å². The van der Waals surface area contributed by atoms with Crippen LogP contribution in [0.3, 0.4) is 0 Å². The van der Waals surface area contributed by atoms with Crippen LogP contribution in [0.4, 0.5) is 0 Å². The molecule has 0 unspecified atom stereocenters. The molecule has 0 atom stereocenters. The first-order valence-corrected chi connectivity index (χ1v) is 9.57. The molecule has 5 heteroatoms. The molecule has 120 valence electrons. The highest BCUT2D eigenvalue weighted by molar-refractivity contribution is 9.09. The SMILES string of the molecule is O=C(CBr)c1ccc(-c2ccc(C3(CBr)OCCO3)cc2)cc1. The first kappa shape index (κ1) is 16.8. The van der Waals surface area contributed by atoms with Crippen LogP contribution in [0.25, 0.3) is 11.1 Å². The molecule has 1 fully saturated rings. The molecular weight excluding hydrogens is 424 g/mol. The van der Waals surface area contributed by atoms with Crippen molar-refractivity contribution >= 4 is 37.6 Å². The van der Waals surface area contributed by atoms with Gasteiger partial charge in [0.15, 0.2) is 5.78 Å². The van der Waals surface area contributed by atoms with Gasteiger partial charge >= 0.3 is 0 Å². The second-order valence-corrected chi connectivity index (χ2v) is 6.42. The fourth-order valence-electron chi connectivity index (χ4n) is 2.62. The Morgan fingerprint density at radius 1 is 0.913 bits per heavy atom. The third-order valence-electron chi connectivity index (χ3n) is 3.92. The number of halogens is 2. The first-order valence-electron chi connectivity index (χ1n) is 7.32. The van der Waals surface area contributed by atoms with Crippen LogP contribution in [0.5, 0.6) is 0 Å². The summed E-state index contributed by atoms with van der Waals surface area (Å²) in [7, 11) is 0. The second-order valence-electron chi connectivity index (χ2n) is 5.29. The van der Waals surface area contributed by atoms with Gasteiger partial charge < -0.3 is 9.47 Å². The lowest BCUT2D eigenvalue weighted by Gasteiger charge is -2.25. The second kappa shape index (κ2) is 7.26. The van der Waals surface area contributed by atoms with Gasteiger partial charge in [0.2, 0.25) is 5.79 Å². The monoisotopic (exact) mass is 438 g/mol. The Balaban J connectivity index is 1.83. The lowest BCUT2D eigenvalue weighted by molar-refractivity contribution is -0.144. The molecule has 1 aliphatic rings. The summed E-state index contributed by atoms with van der Waals surface area (Å²) in [4.78, 5) is 11.6. The average molecular weight is 440 g/mol. The van der Waals surface area contributed by atoms with Crippen molar-refractivity contribution in [3.8, 4) is 11.1 Å². The van der Waals surface area contributed by atoms with Gasteiger partial charge in [0.1, 0.15) is 0 Å². The highest BCUT2D eigenvalue weighted by Gasteiger charge is 2.37. The normalized spacial score (nSPS) is 16.4. The number of ketones is 1. The molecule has 1 aliphatic heterocycles. The predicted octanol–water partition coefficient (Wildman–Crippen LogP) is 4.53. The van der Waals surface area contributed by atoms with Gasteiger partial charge in [-0.2, -0.15) is 0 Å². The van der Waals surface area contributed by atoms with Gasteiger partial charge in [0, 0.05) is 11.1 Å². The maximum absolute atomic E-state index is 11.6. The Hall–Kier alpha value is -1.01. The Morgan fingerprint density at radius 2 is 1.43 bits per heavy atom. The molecule has 0 saturated carbocycles. The molecule has 3 rings (SSSR count). The highest BCUT2D eigenvalue weighted by atomic mass is 79.9. The molecule has 0 bridgehead atoms. The van der Waals surface area contributed by atoms with Crippen LogP contribution in [-0.4, -0.2) is 29.7 Å². The van der Waals surface area contributed by atoms with Crippen LogP contribution in [0, 0.1) is 0 Å². The maximum Gasteiger partial charge on any atom is 0.204 e. The van der Waals surface area contributed by atoms with E-state index in [0.29, 0.717) is 29.4 Å². The topological polar surface area (TPSA) is 35.5 Å². The zero-order chi connectivity index (χ0) is 16.3. The number of carbonyl (C=O) groups is 1. The average Bonchev–Trinajstić information content (AvgIpc) is 3.12. The maximum atomic E-state index is 11.6.